The second kappa shape index (κ2) is 4.60. The summed E-state index contributed by atoms with van der Waals surface area (Å²) in [5, 5.41) is 4.24. The first-order valence-electron chi connectivity index (χ1n) is 7.61. The molecule has 1 aromatic heterocycles. The Morgan fingerprint density at radius 2 is 1.75 bits per heavy atom. The molecular weight excluding hydrogens is 253 g/mol. The van der Waals surface area contributed by atoms with E-state index in [1.165, 1.54) is 19.3 Å². The van der Waals surface area contributed by atoms with Crippen LogP contribution in [-0.4, -0.2) is 23.5 Å². The molecule has 0 bridgehead atoms. The molecule has 3 rings (SSSR count). The van der Waals surface area contributed by atoms with Crippen molar-refractivity contribution in [1.82, 2.24) is 5.16 Å². The Hall–Kier alpha value is -0.805. The van der Waals surface area contributed by atoms with E-state index in [0.717, 1.165) is 29.3 Å². The molecule has 0 unspecified atom stereocenters. The van der Waals surface area contributed by atoms with Gasteiger partial charge in [-0.3, -0.25) is 0 Å². The zero-order chi connectivity index (χ0) is 14.5. The highest BCUT2D eigenvalue weighted by molar-refractivity contribution is 6.63. The van der Waals surface area contributed by atoms with Crippen molar-refractivity contribution in [3.8, 4) is 0 Å². The summed E-state index contributed by atoms with van der Waals surface area (Å²) >= 11 is 0. The summed E-state index contributed by atoms with van der Waals surface area (Å²) in [5.74, 6) is 1.57. The van der Waals surface area contributed by atoms with Gasteiger partial charge in [0.05, 0.1) is 16.9 Å². The van der Waals surface area contributed by atoms with Gasteiger partial charge in [-0.2, -0.15) is 0 Å². The largest absolute Gasteiger partial charge is 0.500 e. The summed E-state index contributed by atoms with van der Waals surface area (Å²) in [7, 11) is -0.360. The van der Waals surface area contributed by atoms with Crippen LogP contribution in [0.1, 0.15) is 58.4 Å². The van der Waals surface area contributed by atoms with Gasteiger partial charge in [-0.1, -0.05) is 24.4 Å². The van der Waals surface area contributed by atoms with E-state index in [4.69, 9.17) is 13.8 Å². The maximum absolute atomic E-state index is 6.14. The van der Waals surface area contributed by atoms with E-state index in [9.17, 15) is 0 Å². The first-order valence-corrected chi connectivity index (χ1v) is 7.61. The fraction of sp³-hybridized carbons (Fsp3) is 0.800. The molecule has 2 fully saturated rings. The fourth-order valence-electron chi connectivity index (χ4n) is 2.81. The SMILES string of the molecule is Cc1onc(CC2CCC2)c1B1OC(C)(C)C(C)(C)O1. The lowest BCUT2D eigenvalue weighted by atomic mass is 9.73. The predicted octanol–water partition coefficient (Wildman–Crippen LogP) is 2.62. The lowest BCUT2D eigenvalue weighted by Gasteiger charge is -2.32. The zero-order valence-corrected chi connectivity index (χ0v) is 13.2. The average molecular weight is 277 g/mol. The van der Waals surface area contributed by atoms with Gasteiger partial charge in [0.2, 0.25) is 0 Å². The highest BCUT2D eigenvalue weighted by Crippen LogP contribution is 2.37. The molecule has 0 N–H and O–H groups in total. The van der Waals surface area contributed by atoms with Crippen LogP contribution < -0.4 is 5.46 Å². The molecule has 0 aromatic carbocycles. The maximum atomic E-state index is 6.14. The Kier molecular flexibility index (Phi) is 3.25. The van der Waals surface area contributed by atoms with Crippen LogP contribution in [0.25, 0.3) is 0 Å². The normalized spacial score (nSPS) is 24.9. The Bertz CT molecular complexity index is 489. The minimum absolute atomic E-state index is 0.324. The van der Waals surface area contributed by atoms with Crippen molar-refractivity contribution in [2.75, 3.05) is 0 Å². The molecule has 0 atom stereocenters. The molecule has 1 saturated heterocycles. The maximum Gasteiger partial charge on any atom is 0.500 e. The van der Waals surface area contributed by atoms with Crippen molar-refractivity contribution in [2.45, 2.75) is 71.5 Å². The molecule has 110 valence electrons. The van der Waals surface area contributed by atoms with Crippen molar-refractivity contribution >= 4 is 12.6 Å². The first-order chi connectivity index (χ1) is 9.30. The van der Waals surface area contributed by atoms with E-state index in [-0.39, 0.29) is 18.3 Å². The number of rotatable bonds is 3. The quantitative estimate of drug-likeness (QED) is 0.797. The van der Waals surface area contributed by atoms with Gasteiger partial charge < -0.3 is 13.8 Å². The van der Waals surface area contributed by atoms with Gasteiger partial charge >= 0.3 is 7.12 Å². The summed E-state index contributed by atoms with van der Waals surface area (Å²) in [6, 6.07) is 0. The standard InChI is InChI=1S/C15H24BNO3/c1-10-13(12(17-18-10)9-11-7-6-8-11)16-19-14(2,3)15(4,5)20-16/h11H,6-9H2,1-5H3. The summed E-state index contributed by atoms with van der Waals surface area (Å²) in [6.45, 7) is 10.2. The van der Waals surface area contributed by atoms with Crippen molar-refractivity contribution in [1.29, 1.82) is 0 Å². The third-order valence-corrected chi connectivity index (χ3v) is 5.18. The van der Waals surface area contributed by atoms with E-state index in [0.29, 0.717) is 0 Å². The van der Waals surface area contributed by atoms with Gasteiger partial charge in [0.15, 0.2) is 0 Å². The van der Waals surface area contributed by atoms with Crippen LogP contribution in [0.2, 0.25) is 0 Å². The summed E-state index contributed by atoms with van der Waals surface area (Å²) in [5.41, 5.74) is 1.38. The molecular formula is C15H24BNO3. The molecule has 2 aliphatic rings. The fourth-order valence-corrected chi connectivity index (χ4v) is 2.81. The smallest absolute Gasteiger partial charge is 0.399 e. The van der Waals surface area contributed by atoms with E-state index in [2.05, 4.69) is 32.9 Å². The molecule has 1 aliphatic heterocycles. The van der Waals surface area contributed by atoms with E-state index >= 15 is 0 Å². The van der Waals surface area contributed by atoms with Gasteiger partial charge in [0, 0.05) is 5.46 Å². The molecule has 4 nitrogen and oxygen atoms in total. The molecule has 1 aliphatic carbocycles. The third kappa shape index (κ3) is 2.21. The zero-order valence-electron chi connectivity index (χ0n) is 13.2. The Morgan fingerprint density at radius 1 is 1.15 bits per heavy atom. The topological polar surface area (TPSA) is 44.5 Å². The minimum Gasteiger partial charge on any atom is -0.399 e. The molecule has 20 heavy (non-hydrogen) atoms. The second-order valence-corrected chi connectivity index (χ2v) is 7.19. The lowest BCUT2D eigenvalue weighted by Crippen LogP contribution is -2.41. The van der Waals surface area contributed by atoms with Gasteiger partial charge in [0.1, 0.15) is 5.76 Å². The van der Waals surface area contributed by atoms with Crippen LogP contribution >= 0.6 is 0 Å². The van der Waals surface area contributed by atoms with E-state index in [1.54, 1.807) is 0 Å². The van der Waals surface area contributed by atoms with Crippen molar-refractivity contribution in [2.24, 2.45) is 5.92 Å². The average Bonchev–Trinajstić information content (AvgIpc) is 2.72. The number of hydrogen-bond donors (Lipinski definition) is 0. The van der Waals surface area contributed by atoms with Crippen LogP contribution in [0.4, 0.5) is 0 Å². The molecule has 0 radical (unpaired) electrons. The highest BCUT2D eigenvalue weighted by Gasteiger charge is 2.53. The number of nitrogens with zero attached hydrogens (tertiary/aromatic N) is 1. The van der Waals surface area contributed by atoms with E-state index < -0.39 is 0 Å². The molecule has 0 spiro atoms. The van der Waals surface area contributed by atoms with Crippen LogP contribution in [-0.2, 0) is 15.7 Å². The van der Waals surface area contributed by atoms with Crippen molar-refractivity contribution < 1.29 is 13.8 Å². The Labute approximate surface area is 121 Å². The lowest BCUT2D eigenvalue weighted by molar-refractivity contribution is 0.00578. The van der Waals surface area contributed by atoms with Crippen LogP contribution in [0.15, 0.2) is 4.52 Å². The molecule has 2 heterocycles. The van der Waals surface area contributed by atoms with Crippen molar-refractivity contribution in [3.05, 3.63) is 11.5 Å². The van der Waals surface area contributed by atoms with Crippen LogP contribution in [0.5, 0.6) is 0 Å². The number of aromatic nitrogens is 1. The first kappa shape index (κ1) is 14.1. The van der Waals surface area contributed by atoms with E-state index in [1.807, 2.05) is 6.92 Å². The Morgan fingerprint density at radius 3 is 2.25 bits per heavy atom. The molecule has 1 saturated carbocycles. The minimum atomic E-state index is -0.360. The van der Waals surface area contributed by atoms with Gasteiger partial charge in [0.25, 0.3) is 0 Å². The predicted molar refractivity (Wildman–Crippen MR) is 78.0 cm³/mol. The number of hydrogen-bond acceptors (Lipinski definition) is 4. The van der Waals surface area contributed by atoms with Gasteiger partial charge in [-0.25, -0.2) is 0 Å². The second-order valence-electron chi connectivity index (χ2n) is 7.19. The van der Waals surface area contributed by atoms with Crippen LogP contribution in [0, 0.1) is 12.8 Å². The summed E-state index contributed by atoms with van der Waals surface area (Å²) < 4.78 is 17.7. The number of aryl methyl sites for hydroxylation is 1. The summed E-state index contributed by atoms with van der Waals surface area (Å²) in [4.78, 5) is 0. The van der Waals surface area contributed by atoms with Crippen molar-refractivity contribution in [3.63, 3.8) is 0 Å². The molecule has 5 heteroatoms. The van der Waals surface area contributed by atoms with Gasteiger partial charge in [-0.15, -0.1) is 0 Å². The summed E-state index contributed by atoms with van der Waals surface area (Å²) in [6.07, 6.45) is 4.92. The molecule has 1 aromatic rings. The Balaban J connectivity index is 1.85. The third-order valence-electron chi connectivity index (χ3n) is 5.18. The monoisotopic (exact) mass is 277 g/mol. The van der Waals surface area contributed by atoms with Gasteiger partial charge in [-0.05, 0) is 47.0 Å². The van der Waals surface area contributed by atoms with Crippen LogP contribution in [0.3, 0.4) is 0 Å². The highest BCUT2D eigenvalue weighted by atomic mass is 16.7. The molecule has 0 amide bonds.